The minimum absolute atomic E-state index is 0.392. The van der Waals surface area contributed by atoms with Gasteiger partial charge in [-0.3, -0.25) is 5.43 Å². The molecule has 0 atom stereocenters. The minimum atomic E-state index is 0.392. The van der Waals surface area contributed by atoms with Crippen molar-refractivity contribution in [2.75, 3.05) is 16.9 Å². The molecule has 0 bridgehead atoms. The first-order chi connectivity index (χ1) is 9.06. The highest BCUT2D eigenvalue weighted by Gasteiger charge is 2.17. The number of hydrazine groups is 1. The van der Waals surface area contributed by atoms with Gasteiger partial charge < -0.3 is 4.90 Å². The van der Waals surface area contributed by atoms with Crippen LogP contribution in [0.15, 0.2) is 6.07 Å². The van der Waals surface area contributed by atoms with Crippen LogP contribution in [0.5, 0.6) is 0 Å². The summed E-state index contributed by atoms with van der Waals surface area (Å²) in [6.45, 7) is 9.60. The molecule has 0 radical (unpaired) electrons. The van der Waals surface area contributed by atoms with Crippen LogP contribution in [-0.2, 0) is 0 Å². The Hall–Kier alpha value is -1.40. The molecule has 0 fully saturated rings. The summed E-state index contributed by atoms with van der Waals surface area (Å²) in [5, 5.41) is 1.11. The fourth-order valence-electron chi connectivity index (χ4n) is 2.16. The summed E-state index contributed by atoms with van der Waals surface area (Å²) in [6.07, 6.45) is 1.08. The number of rotatable bonds is 5. The summed E-state index contributed by atoms with van der Waals surface area (Å²) in [7, 11) is 0. The van der Waals surface area contributed by atoms with Crippen LogP contribution in [0.1, 0.15) is 32.1 Å². The zero-order valence-electron chi connectivity index (χ0n) is 11.9. The van der Waals surface area contributed by atoms with Crippen LogP contribution in [0.3, 0.4) is 0 Å². The summed E-state index contributed by atoms with van der Waals surface area (Å²) >= 11 is 1.67. The molecule has 0 unspecified atom stereocenters. The molecule has 0 aliphatic carbocycles. The fraction of sp³-hybridized carbons (Fsp3) is 0.538. The molecule has 19 heavy (non-hydrogen) atoms. The van der Waals surface area contributed by atoms with Crippen molar-refractivity contribution < 1.29 is 0 Å². The Morgan fingerprint density at radius 1 is 1.42 bits per heavy atom. The van der Waals surface area contributed by atoms with Crippen LogP contribution < -0.4 is 16.2 Å². The predicted molar refractivity (Wildman–Crippen MR) is 82.7 cm³/mol. The molecule has 2 rings (SSSR count). The first-order valence-corrected chi connectivity index (χ1v) is 7.40. The van der Waals surface area contributed by atoms with E-state index in [1.165, 1.54) is 4.88 Å². The van der Waals surface area contributed by atoms with Gasteiger partial charge in [-0.2, -0.15) is 4.98 Å². The number of aryl methyl sites for hydroxylation is 1. The van der Waals surface area contributed by atoms with Crippen LogP contribution in [-0.4, -0.2) is 22.6 Å². The normalized spacial score (nSPS) is 11.3. The maximum atomic E-state index is 5.48. The fourth-order valence-corrected chi connectivity index (χ4v) is 3.03. The van der Waals surface area contributed by atoms with Crippen molar-refractivity contribution in [2.24, 2.45) is 5.84 Å². The minimum Gasteiger partial charge on any atom is -0.353 e. The number of nitrogens with two attached hydrogens (primary N) is 1. The number of aromatic nitrogens is 2. The third kappa shape index (κ3) is 2.79. The van der Waals surface area contributed by atoms with Crippen LogP contribution >= 0.6 is 11.3 Å². The number of hydrogen-bond donors (Lipinski definition) is 2. The van der Waals surface area contributed by atoms with Gasteiger partial charge in [0.25, 0.3) is 0 Å². The highest BCUT2D eigenvalue weighted by molar-refractivity contribution is 7.18. The van der Waals surface area contributed by atoms with Gasteiger partial charge in [0.05, 0.1) is 5.39 Å². The summed E-state index contributed by atoms with van der Waals surface area (Å²) in [4.78, 5) is 13.5. The molecule has 0 aliphatic rings. The number of hydrogen-bond acceptors (Lipinski definition) is 6. The van der Waals surface area contributed by atoms with Crippen molar-refractivity contribution in [1.82, 2.24) is 9.97 Å². The molecule has 0 aromatic carbocycles. The molecule has 2 aromatic heterocycles. The van der Waals surface area contributed by atoms with E-state index in [1.54, 1.807) is 11.3 Å². The van der Waals surface area contributed by atoms with Crippen molar-refractivity contribution in [3.05, 3.63) is 10.9 Å². The highest BCUT2D eigenvalue weighted by atomic mass is 32.1. The van der Waals surface area contributed by atoms with E-state index in [2.05, 4.69) is 54.1 Å². The molecule has 6 heteroatoms. The van der Waals surface area contributed by atoms with Gasteiger partial charge in [-0.1, -0.05) is 6.92 Å². The first-order valence-electron chi connectivity index (χ1n) is 6.58. The third-order valence-electron chi connectivity index (χ3n) is 2.98. The highest BCUT2D eigenvalue weighted by Crippen LogP contribution is 2.32. The molecule has 0 saturated carbocycles. The molecule has 3 N–H and O–H groups in total. The Kier molecular flexibility index (Phi) is 4.21. The summed E-state index contributed by atoms with van der Waals surface area (Å²) in [5.74, 6) is 6.93. The second kappa shape index (κ2) is 5.71. The number of nitrogens with zero attached hydrogens (tertiary/aromatic N) is 3. The second-order valence-electron chi connectivity index (χ2n) is 4.88. The van der Waals surface area contributed by atoms with Gasteiger partial charge in [0, 0.05) is 17.5 Å². The van der Waals surface area contributed by atoms with E-state index in [-0.39, 0.29) is 0 Å². The lowest BCUT2D eigenvalue weighted by Gasteiger charge is -2.28. The number of anilines is 2. The van der Waals surface area contributed by atoms with E-state index < -0.39 is 0 Å². The Balaban J connectivity index is 2.61. The number of thiophene rings is 1. The second-order valence-corrected chi connectivity index (χ2v) is 6.11. The lowest BCUT2D eigenvalue weighted by molar-refractivity contribution is 0.664. The SMILES string of the molecule is CCCN(c1nc(NN)nc2sc(C)cc12)C(C)C. The van der Waals surface area contributed by atoms with Gasteiger partial charge >= 0.3 is 0 Å². The average Bonchev–Trinajstić information content (AvgIpc) is 2.74. The van der Waals surface area contributed by atoms with Gasteiger partial charge in [0.1, 0.15) is 10.6 Å². The van der Waals surface area contributed by atoms with Crippen molar-refractivity contribution >= 4 is 33.3 Å². The standard InChI is InChI=1S/C13H21N5S/c1-5-6-18(8(2)3)11-10-7-9(4)19-12(10)16-13(15-11)17-14/h7-8H,5-6,14H2,1-4H3,(H,15,16,17). The van der Waals surface area contributed by atoms with E-state index in [0.29, 0.717) is 12.0 Å². The molecule has 2 heterocycles. The molecular weight excluding hydrogens is 258 g/mol. The largest absolute Gasteiger partial charge is 0.353 e. The topological polar surface area (TPSA) is 67.1 Å². The van der Waals surface area contributed by atoms with Crippen LogP contribution in [0.25, 0.3) is 10.2 Å². The van der Waals surface area contributed by atoms with E-state index >= 15 is 0 Å². The van der Waals surface area contributed by atoms with Gasteiger partial charge in [-0.25, -0.2) is 10.8 Å². The van der Waals surface area contributed by atoms with Crippen molar-refractivity contribution in [1.29, 1.82) is 0 Å². The Labute approximate surface area is 117 Å². The summed E-state index contributed by atoms with van der Waals surface area (Å²) in [5.41, 5.74) is 2.56. The smallest absolute Gasteiger partial charge is 0.240 e. The molecule has 2 aromatic rings. The molecule has 0 amide bonds. The molecular formula is C13H21N5S. The van der Waals surface area contributed by atoms with Gasteiger partial charge in [0.2, 0.25) is 5.95 Å². The Morgan fingerprint density at radius 2 is 2.16 bits per heavy atom. The number of nitrogen functional groups attached to an aromatic ring is 1. The third-order valence-corrected chi connectivity index (χ3v) is 3.93. The quantitative estimate of drug-likeness (QED) is 0.650. The zero-order valence-corrected chi connectivity index (χ0v) is 12.7. The molecule has 104 valence electrons. The Bertz CT molecular complexity index is 563. The molecule has 0 aliphatic heterocycles. The molecule has 5 nitrogen and oxygen atoms in total. The predicted octanol–water partition coefficient (Wildman–Crippen LogP) is 2.91. The maximum Gasteiger partial charge on any atom is 0.240 e. The van der Waals surface area contributed by atoms with Crippen molar-refractivity contribution in [3.8, 4) is 0 Å². The van der Waals surface area contributed by atoms with Crippen LogP contribution in [0.4, 0.5) is 11.8 Å². The summed E-state index contributed by atoms with van der Waals surface area (Å²) in [6, 6.07) is 2.55. The Morgan fingerprint density at radius 3 is 2.74 bits per heavy atom. The maximum absolute atomic E-state index is 5.48. The number of nitrogens with one attached hydrogen (secondary N) is 1. The molecule has 0 spiro atoms. The zero-order chi connectivity index (χ0) is 14.0. The van der Waals surface area contributed by atoms with E-state index in [1.807, 2.05) is 0 Å². The van der Waals surface area contributed by atoms with Crippen LogP contribution in [0.2, 0.25) is 0 Å². The molecule has 0 saturated heterocycles. The van der Waals surface area contributed by atoms with Crippen LogP contribution in [0, 0.1) is 6.92 Å². The lowest BCUT2D eigenvalue weighted by atomic mass is 10.2. The first kappa shape index (κ1) is 14.0. The van der Waals surface area contributed by atoms with E-state index in [4.69, 9.17) is 5.84 Å². The van der Waals surface area contributed by atoms with Crippen molar-refractivity contribution in [3.63, 3.8) is 0 Å². The van der Waals surface area contributed by atoms with Gasteiger partial charge in [-0.05, 0) is 33.3 Å². The summed E-state index contributed by atoms with van der Waals surface area (Å²) < 4.78 is 0. The average molecular weight is 279 g/mol. The van der Waals surface area contributed by atoms with Gasteiger partial charge in [0.15, 0.2) is 0 Å². The van der Waals surface area contributed by atoms with Gasteiger partial charge in [-0.15, -0.1) is 11.3 Å². The van der Waals surface area contributed by atoms with E-state index in [9.17, 15) is 0 Å². The van der Waals surface area contributed by atoms with Crippen molar-refractivity contribution in [2.45, 2.75) is 40.2 Å². The number of fused-ring (bicyclic) bond motifs is 1. The van der Waals surface area contributed by atoms with E-state index in [0.717, 1.165) is 29.0 Å². The lowest BCUT2D eigenvalue weighted by Crippen LogP contribution is -2.32. The monoisotopic (exact) mass is 279 g/mol.